The van der Waals surface area contributed by atoms with E-state index in [2.05, 4.69) is 18.7 Å². The number of amides is 2. The van der Waals surface area contributed by atoms with Crippen LogP contribution in [0.2, 0.25) is 0 Å². The second-order valence-electron chi connectivity index (χ2n) is 6.22. The average Bonchev–Trinajstić information content (AvgIpc) is 3.02. The third kappa shape index (κ3) is 2.43. The molecule has 2 aliphatic rings. The standard InChI is InChI=1S/C15H27N3O2/c1-5-17(6-2)12-7-9-18(11-12)14(20)15(3)8-10-16(4)13(15)19/h12H,5-11H2,1-4H3. The molecule has 5 nitrogen and oxygen atoms in total. The van der Waals surface area contributed by atoms with Crippen LogP contribution in [0.5, 0.6) is 0 Å². The van der Waals surface area contributed by atoms with Crippen molar-refractivity contribution in [3.63, 3.8) is 0 Å². The number of likely N-dealkylation sites (tertiary alicyclic amines) is 2. The van der Waals surface area contributed by atoms with Gasteiger partial charge >= 0.3 is 0 Å². The summed E-state index contributed by atoms with van der Waals surface area (Å²) in [6.07, 6.45) is 1.67. The van der Waals surface area contributed by atoms with Crippen molar-refractivity contribution >= 4 is 11.8 Å². The number of rotatable bonds is 4. The molecule has 0 N–H and O–H groups in total. The molecule has 2 amide bonds. The Morgan fingerprint density at radius 1 is 1.35 bits per heavy atom. The van der Waals surface area contributed by atoms with Crippen LogP contribution in [-0.2, 0) is 9.59 Å². The molecule has 2 rings (SSSR count). The Morgan fingerprint density at radius 2 is 2.00 bits per heavy atom. The number of carbonyl (C=O) groups is 2. The first-order valence-corrected chi connectivity index (χ1v) is 7.73. The molecule has 0 bridgehead atoms. The Bertz CT molecular complexity index is 395. The van der Waals surface area contributed by atoms with E-state index in [-0.39, 0.29) is 11.8 Å². The van der Waals surface area contributed by atoms with Gasteiger partial charge in [0.1, 0.15) is 5.41 Å². The number of likely N-dealkylation sites (N-methyl/N-ethyl adjacent to an activating group) is 1. The lowest BCUT2D eigenvalue weighted by Crippen LogP contribution is -2.47. The molecule has 2 saturated heterocycles. The lowest BCUT2D eigenvalue weighted by molar-refractivity contribution is -0.149. The zero-order valence-corrected chi connectivity index (χ0v) is 13.2. The SMILES string of the molecule is CCN(CC)C1CCN(C(=O)C2(C)CCN(C)C2=O)C1. The van der Waals surface area contributed by atoms with Gasteiger partial charge in [-0.2, -0.15) is 0 Å². The molecule has 20 heavy (non-hydrogen) atoms. The van der Waals surface area contributed by atoms with Crippen LogP contribution >= 0.6 is 0 Å². The van der Waals surface area contributed by atoms with Crippen LogP contribution in [0.25, 0.3) is 0 Å². The van der Waals surface area contributed by atoms with Crippen LogP contribution in [-0.4, -0.2) is 72.3 Å². The molecule has 2 fully saturated rings. The first kappa shape index (κ1) is 15.3. The predicted molar refractivity (Wildman–Crippen MR) is 78.3 cm³/mol. The van der Waals surface area contributed by atoms with E-state index in [1.54, 1.807) is 11.9 Å². The summed E-state index contributed by atoms with van der Waals surface area (Å²) in [6.45, 7) is 10.4. The van der Waals surface area contributed by atoms with E-state index in [1.807, 2.05) is 11.8 Å². The lowest BCUT2D eigenvalue weighted by Gasteiger charge is -2.29. The van der Waals surface area contributed by atoms with Crippen LogP contribution in [0.4, 0.5) is 0 Å². The zero-order chi connectivity index (χ0) is 14.9. The molecule has 0 saturated carbocycles. The van der Waals surface area contributed by atoms with Crippen LogP contribution in [0.1, 0.15) is 33.6 Å². The van der Waals surface area contributed by atoms with Crippen molar-refractivity contribution < 1.29 is 9.59 Å². The summed E-state index contributed by atoms with van der Waals surface area (Å²) in [5, 5.41) is 0. The summed E-state index contributed by atoms with van der Waals surface area (Å²) < 4.78 is 0. The molecule has 0 aromatic heterocycles. The van der Waals surface area contributed by atoms with Gasteiger partial charge in [0, 0.05) is 32.7 Å². The summed E-state index contributed by atoms with van der Waals surface area (Å²) in [7, 11) is 1.78. The maximum atomic E-state index is 12.7. The van der Waals surface area contributed by atoms with Gasteiger partial charge in [-0.3, -0.25) is 14.5 Å². The molecular formula is C15H27N3O2. The molecule has 0 aromatic carbocycles. The van der Waals surface area contributed by atoms with E-state index >= 15 is 0 Å². The highest BCUT2D eigenvalue weighted by atomic mass is 16.2. The van der Waals surface area contributed by atoms with Crippen LogP contribution in [0.15, 0.2) is 0 Å². The Morgan fingerprint density at radius 3 is 2.50 bits per heavy atom. The van der Waals surface area contributed by atoms with Crippen molar-refractivity contribution in [2.75, 3.05) is 39.8 Å². The van der Waals surface area contributed by atoms with Gasteiger partial charge in [-0.1, -0.05) is 13.8 Å². The van der Waals surface area contributed by atoms with Gasteiger partial charge in [0.2, 0.25) is 11.8 Å². The smallest absolute Gasteiger partial charge is 0.238 e. The molecule has 5 heteroatoms. The maximum Gasteiger partial charge on any atom is 0.238 e. The number of nitrogens with zero attached hydrogens (tertiary/aromatic N) is 3. The highest BCUT2D eigenvalue weighted by Crippen LogP contribution is 2.34. The fourth-order valence-electron chi connectivity index (χ4n) is 3.53. The van der Waals surface area contributed by atoms with E-state index in [4.69, 9.17) is 0 Å². The molecule has 0 radical (unpaired) electrons. The maximum absolute atomic E-state index is 12.7. The lowest BCUT2D eigenvalue weighted by atomic mass is 9.87. The van der Waals surface area contributed by atoms with Crippen molar-refractivity contribution in [2.45, 2.75) is 39.7 Å². The quantitative estimate of drug-likeness (QED) is 0.716. The van der Waals surface area contributed by atoms with E-state index in [0.717, 1.165) is 32.6 Å². The van der Waals surface area contributed by atoms with Gasteiger partial charge in [-0.25, -0.2) is 0 Å². The van der Waals surface area contributed by atoms with E-state index in [0.29, 0.717) is 19.0 Å². The molecule has 2 aliphatic heterocycles. The molecule has 2 unspecified atom stereocenters. The van der Waals surface area contributed by atoms with E-state index < -0.39 is 5.41 Å². The Kier molecular flexibility index (Phi) is 4.37. The van der Waals surface area contributed by atoms with Gasteiger partial charge in [-0.05, 0) is 32.9 Å². The van der Waals surface area contributed by atoms with E-state index in [9.17, 15) is 9.59 Å². The third-order valence-electron chi connectivity index (χ3n) is 5.02. The Labute approximate surface area is 121 Å². The average molecular weight is 281 g/mol. The molecule has 2 heterocycles. The molecule has 0 aromatic rings. The fraction of sp³-hybridized carbons (Fsp3) is 0.867. The number of hydrogen-bond donors (Lipinski definition) is 0. The molecule has 0 aliphatic carbocycles. The second kappa shape index (κ2) is 5.72. The number of hydrogen-bond acceptors (Lipinski definition) is 3. The van der Waals surface area contributed by atoms with Gasteiger partial charge in [0.05, 0.1) is 0 Å². The van der Waals surface area contributed by atoms with Crippen LogP contribution in [0.3, 0.4) is 0 Å². The van der Waals surface area contributed by atoms with Gasteiger partial charge in [0.25, 0.3) is 0 Å². The Balaban J connectivity index is 2.03. The molecule has 0 spiro atoms. The highest BCUT2D eigenvalue weighted by Gasteiger charge is 2.50. The minimum atomic E-state index is -0.826. The van der Waals surface area contributed by atoms with Crippen molar-refractivity contribution in [2.24, 2.45) is 5.41 Å². The van der Waals surface area contributed by atoms with E-state index in [1.165, 1.54) is 0 Å². The van der Waals surface area contributed by atoms with Crippen molar-refractivity contribution in [1.29, 1.82) is 0 Å². The largest absolute Gasteiger partial charge is 0.345 e. The Hall–Kier alpha value is -1.10. The topological polar surface area (TPSA) is 43.9 Å². The monoisotopic (exact) mass is 281 g/mol. The molecule has 114 valence electrons. The van der Waals surface area contributed by atoms with Crippen LogP contribution in [0, 0.1) is 5.41 Å². The first-order chi connectivity index (χ1) is 9.43. The summed E-state index contributed by atoms with van der Waals surface area (Å²) in [6, 6.07) is 0.451. The molecule has 2 atom stereocenters. The fourth-order valence-corrected chi connectivity index (χ4v) is 3.53. The third-order valence-corrected chi connectivity index (χ3v) is 5.02. The van der Waals surface area contributed by atoms with Crippen molar-refractivity contribution in [1.82, 2.24) is 14.7 Å². The second-order valence-corrected chi connectivity index (χ2v) is 6.22. The van der Waals surface area contributed by atoms with Crippen molar-refractivity contribution in [3.8, 4) is 0 Å². The normalized spacial score (nSPS) is 30.6. The van der Waals surface area contributed by atoms with Crippen LogP contribution < -0.4 is 0 Å². The minimum Gasteiger partial charge on any atom is -0.345 e. The summed E-state index contributed by atoms with van der Waals surface area (Å²) in [5.74, 6) is 0.00953. The van der Waals surface area contributed by atoms with Gasteiger partial charge in [-0.15, -0.1) is 0 Å². The highest BCUT2D eigenvalue weighted by molar-refractivity contribution is 6.05. The summed E-state index contributed by atoms with van der Waals surface area (Å²) in [5.41, 5.74) is -0.826. The summed E-state index contributed by atoms with van der Waals surface area (Å²) in [4.78, 5) is 30.9. The van der Waals surface area contributed by atoms with Crippen molar-refractivity contribution in [3.05, 3.63) is 0 Å². The zero-order valence-electron chi connectivity index (χ0n) is 13.2. The minimum absolute atomic E-state index is 0.0196. The summed E-state index contributed by atoms with van der Waals surface area (Å²) >= 11 is 0. The predicted octanol–water partition coefficient (Wildman–Crippen LogP) is 0.798. The van der Waals surface area contributed by atoms with Gasteiger partial charge in [0.15, 0.2) is 0 Å². The molecular weight excluding hydrogens is 254 g/mol. The first-order valence-electron chi connectivity index (χ1n) is 7.73. The number of carbonyl (C=O) groups excluding carboxylic acids is 2. The van der Waals surface area contributed by atoms with Gasteiger partial charge < -0.3 is 9.80 Å².